The van der Waals surface area contributed by atoms with Gasteiger partial charge in [-0.2, -0.15) is 0 Å². The van der Waals surface area contributed by atoms with Crippen molar-refractivity contribution in [2.75, 3.05) is 26.4 Å². The van der Waals surface area contributed by atoms with E-state index in [1.807, 2.05) is 11.9 Å². The molecule has 0 aliphatic carbocycles. The second-order valence-corrected chi connectivity index (χ2v) is 4.99. The Labute approximate surface area is 113 Å². The maximum absolute atomic E-state index is 11.5. The second kappa shape index (κ2) is 7.95. The molecule has 0 saturated carbocycles. The number of rotatable bonds is 7. The Balaban J connectivity index is 2.40. The first-order valence-electron chi connectivity index (χ1n) is 5.84. The third-order valence-corrected chi connectivity index (χ3v) is 3.21. The summed E-state index contributed by atoms with van der Waals surface area (Å²) in [7, 11) is 1.94. The average molecular weight is 264 g/mol. The predicted octanol–water partition coefficient (Wildman–Crippen LogP) is 2.14. The molecule has 0 fully saturated rings. The van der Waals surface area contributed by atoms with Crippen molar-refractivity contribution in [2.24, 2.45) is 0 Å². The molecule has 1 amide bonds. The minimum atomic E-state index is 0.0260. The average Bonchev–Trinajstić information content (AvgIpc) is 2.37. The fourth-order valence-corrected chi connectivity index (χ4v) is 1.99. The Morgan fingerprint density at radius 3 is 2.67 bits per heavy atom. The van der Waals surface area contributed by atoms with Crippen LogP contribution in [0.15, 0.2) is 41.8 Å². The van der Waals surface area contributed by atoms with Crippen molar-refractivity contribution in [3.8, 4) is 0 Å². The molecular formula is C14H20N2OS. The van der Waals surface area contributed by atoms with Gasteiger partial charge in [0.15, 0.2) is 0 Å². The lowest BCUT2D eigenvalue weighted by atomic mass is 10.2. The highest BCUT2D eigenvalue weighted by Gasteiger charge is 2.06. The fraction of sp³-hybridized carbons (Fsp3) is 0.357. The largest absolute Gasteiger partial charge is 0.352 e. The molecule has 0 aliphatic heterocycles. The first-order chi connectivity index (χ1) is 8.65. The molecule has 3 nitrogen and oxygen atoms in total. The standard InChI is InChI=1S/C14H20N2OS/c1-4-9-15-14(17)11-16(2)10-12-5-7-13(18-3)8-6-12/h4-8H,1,9-11H2,2-3H3,(H,15,17). The van der Waals surface area contributed by atoms with Crippen LogP contribution in [0.5, 0.6) is 0 Å². The number of nitrogens with one attached hydrogen (secondary N) is 1. The number of nitrogens with zero attached hydrogens (tertiary/aromatic N) is 1. The molecular weight excluding hydrogens is 244 g/mol. The predicted molar refractivity (Wildman–Crippen MR) is 77.8 cm³/mol. The Hall–Kier alpha value is -1.26. The molecule has 0 atom stereocenters. The van der Waals surface area contributed by atoms with E-state index in [1.54, 1.807) is 17.8 Å². The van der Waals surface area contributed by atoms with Crippen LogP contribution in [-0.2, 0) is 11.3 Å². The van der Waals surface area contributed by atoms with E-state index in [9.17, 15) is 4.79 Å². The molecule has 18 heavy (non-hydrogen) atoms. The Morgan fingerprint density at radius 2 is 2.11 bits per heavy atom. The third-order valence-electron chi connectivity index (χ3n) is 2.47. The van der Waals surface area contributed by atoms with Crippen molar-refractivity contribution in [3.05, 3.63) is 42.5 Å². The van der Waals surface area contributed by atoms with Crippen LogP contribution in [0.2, 0.25) is 0 Å². The van der Waals surface area contributed by atoms with Gasteiger partial charge in [0, 0.05) is 18.0 Å². The molecule has 1 aromatic rings. The highest BCUT2D eigenvalue weighted by molar-refractivity contribution is 7.98. The quantitative estimate of drug-likeness (QED) is 0.605. The highest BCUT2D eigenvalue weighted by Crippen LogP contribution is 2.15. The summed E-state index contributed by atoms with van der Waals surface area (Å²) >= 11 is 1.73. The van der Waals surface area contributed by atoms with Gasteiger partial charge in [-0.05, 0) is 31.0 Å². The Kier molecular flexibility index (Phi) is 6.54. The zero-order valence-corrected chi connectivity index (χ0v) is 11.8. The molecule has 0 aromatic heterocycles. The number of likely N-dealkylation sites (N-methyl/N-ethyl adjacent to an activating group) is 1. The topological polar surface area (TPSA) is 32.3 Å². The van der Waals surface area contributed by atoms with E-state index in [0.717, 1.165) is 6.54 Å². The minimum absolute atomic E-state index is 0.0260. The molecule has 0 saturated heterocycles. The Morgan fingerprint density at radius 1 is 1.44 bits per heavy atom. The summed E-state index contributed by atoms with van der Waals surface area (Å²) < 4.78 is 0. The number of amides is 1. The Bertz CT molecular complexity index is 389. The molecule has 98 valence electrons. The van der Waals surface area contributed by atoms with E-state index in [0.29, 0.717) is 13.1 Å². The monoisotopic (exact) mass is 264 g/mol. The van der Waals surface area contributed by atoms with Crippen molar-refractivity contribution in [1.82, 2.24) is 10.2 Å². The van der Waals surface area contributed by atoms with E-state index in [1.165, 1.54) is 10.5 Å². The van der Waals surface area contributed by atoms with Gasteiger partial charge in [-0.25, -0.2) is 0 Å². The highest BCUT2D eigenvalue weighted by atomic mass is 32.2. The number of carbonyl (C=O) groups is 1. The number of carbonyl (C=O) groups excluding carboxylic acids is 1. The SMILES string of the molecule is C=CCNC(=O)CN(C)Cc1ccc(SC)cc1. The van der Waals surface area contributed by atoms with Crippen molar-refractivity contribution >= 4 is 17.7 Å². The molecule has 0 unspecified atom stereocenters. The summed E-state index contributed by atoms with van der Waals surface area (Å²) in [6.07, 6.45) is 3.74. The lowest BCUT2D eigenvalue weighted by molar-refractivity contribution is -0.121. The molecule has 0 aliphatic rings. The summed E-state index contributed by atoms with van der Waals surface area (Å²) in [5, 5.41) is 2.77. The number of hydrogen-bond donors (Lipinski definition) is 1. The lowest BCUT2D eigenvalue weighted by Gasteiger charge is -2.16. The summed E-state index contributed by atoms with van der Waals surface area (Å²) in [5.74, 6) is 0.0260. The van der Waals surface area contributed by atoms with Crippen LogP contribution in [0, 0.1) is 0 Å². The van der Waals surface area contributed by atoms with Crippen LogP contribution in [-0.4, -0.2) is 37.2 Å². The molecule has 0 radical (unpaired) electrons. The van der Waals surface area contributed by atoms with Gasteiger partial charge in [0.25, 0.3) is 0 Å². The summed E-state index contributed by atoms with van der Waals surface area (Å²) in [6, 6.07) is 8.41. The van der Waals surface area contributed by atoms with Gasteiger partial charge in [-0.3, -0.25) is 9.69 Å². The van der Waals surface area contributed by atoms with Gasteiger partial charge in [0.2, 0.25) is 5.91 Å². The molecule has 4 heteroatoms. The van der Waals surface area contributed by atoms with Crippen LogP contribution < -0.4 is 5.32 Å². The van der Waals surface area contributed by atoms with Crippen molar-refractivity contribution in [3.63, 3.8) is 0 Å². The summed E-state index contributed by atoms with van der Waals surface area (Å²) in [6.45, 7) is 5.26. The van der Waals surface area contributed by atoms with Crippen molar-refractivity contribution in [2.45, 2.75) is 11.4 Å². The minimum Gasteiger partial charge on any atom is -0.352 e. The molecule has 0 bridgehead atoms. The normalized spacial score (nSPS) is 10.4. The van der Waals surface area contributed by atoms with Crippen LogP contribution in [0.25, 0.3) is 0 Å². The molecule has 0 spiro atoms. The second-order valence-electron chi connectivity index (χ2n) is 4.11. The van der Waals surface area contributed by atoms with Gasteiger partial charge < -0.3 is 5.32 Å². The zero-order valence-electron chi connectivity index (χ0n) is 11.0. The first-order valence-corrected chi connectivity index (χ1v) is 7.07. The van der Waals surface area contributed by atoms with Gasteiger partial charge in [0.05, 0.1) is 6.54 Å². The van der Waals surface area contributed by atoms with Gasteiger partial charge in [-0.1, -0.05) is 18.2 Å². The van der Waals surface area contributed by atoms with Crippen molar-refractivity contribution < 1.29 is 4.79 Å². The maximum Gasteiger partial charge on any atom is 0.234 e. The van der Waals surface area contributed by atoms with E-state index < -0.39 is 0 Å². The van der Waals surface area contributed by atoms with E-state index in [-0.39, 0.29) is 5.91 Å². The van der Waals surface area contributed by atoms with Gasteiger partial charge in [0.1, 0.15) is 0 Å². The van der Waals surface area contributed by atoms with E-state index in [4.69, 9.17) is 0 Å². The molecule has 1 N–H and O–H groups in total. The smallest absolute Gasteiger partial charge is 0.234 e. The molecule has 1 rings (SSSR count). The molecule has 0 heterocycles. The van der Waals surface area contributed by atoms with E-state index in [2.05, 4.69) is 42.4 Å². The van der Waals surface area contributed by atoms with Crippen LogP contribution in [0.1, 0.15) is 5.56 Å². The van der Waals surface area contributed by atoms with Crippen LogP contribution in [0.4, 0.5) is 0 Å². The molecule has 1 aromatic carbocycles. The number of thioether (sulfide) groups is 1. The van der Waals surface area contributed by atoms with Crippen LogP contribution >= 0.6 is 11.8 Å². The maximum atomic E-state index is 11.5. The zero-order chi connectivity index (χ0) is 13.4. The third kappa shape index (κ3) is 5.38. The fourth-order valence-electron chi connectivity index (χ4n) is 1.59. The lowest BCUT2D eigenvalue weighted by Crippen LogP contribution is -2.34. The van der Waals surface area contributed by atoms with Crippen LogP contribution in [0.3, 0.4) is 0 Å². The summed E-state index contributed by atoms with van der Waals surface area (Å²) in [4.78, 5) is 14.7. The number of benzene rings is 1. The summed E-state index contributed by atoms with van der Waals surface area (Å²) in [5.41, 5.74) is 1.21. The first kappa shape index (κ1) is 14.8. The van der Waals surface area contributed by atoms with Crippen molar-refractivity contribution in [1.29, 1.82) is 0 Å². The van der Waals surface area contributed by atoms with E-state index >= 15 is 0 Å². The number of hydrogen-bond acceptors (Lipinski definition) is 3. The van der Waals surface area contributed by atoms with Gasteiger partial charge in [-0.15, -0.1) is 18.3 Å². The van der Waals surface area contributed by atoms with Gasteiger partial charge >= 0.3 is 0 Å².